The van der Waals surface area contributed by atoms with Crippen LogP contribution in [0.5, 0.6) is 0 Å². The van der Waals surface area contributed by atoms with Gasteiger partial charge in [0.2, 0.25) is 0 Å². The molecule has 1 fully saturated rings. The SMILES string of the molecule is CN=C(NCCN(C)CCCOC)NCc1ccc(N2CCCC2)nc1. The molecular weight excluding hydrogens is 328 g/mol. The van der Waals surface area contributed by atoms with E-state index in [9.17, 15) is 0 Å². The number of aromatic nitrogens is 1. The Morgan fingerprint density at radius 1 is 1.27 bits per heavy atom. The van der Waals surface area contributed by atoms with E-state index in [1.807, 2.05) is 6.20 Å². The van der Waals surface area contributed by atoms with Crippen molar-refractivity contribution >= 4 is 11.8 Å². The monoisotopic (exact) mass is 362 g/mol. The molecular formula is C19H34N6O. The molecule has 0 radical (unpaired) electrons. The van der Waals surface area contributed by atoms with Crippen LogP contribution in [0.2, 0.25) is 0 Å². The van der Waals surface area contributed by atoms with Gasteiger partial charge in [0.25, 0.3) is 0 Å². The molecule has 0 amide bonds. The Bertz CT molecular complexity index is 527. The number of methoxy groups -OCH3 is 1. The highest BCUT2D eigenvalue weighted by Gasteiger charge is 2.12. The van der Waals surface area contributed by atoms with Crippen molar-refractivity contribution in [2.75, 3.05) is 65.4 Å². The van der Waals surface area contributed by atoms with Crippen LogP contribution in [-0.4, -0.2) is 76.4 Å². The van der Waals surface area contributed by atoms with E-state index in [1.165, 1.54) is 12.8 Å². The molecule has 146 valence electrons. The lowest BCUT2D eigenvalue weighted by Gasteiger charge is -2.18. The summed E-state index contributed by atoms with van der Waals surface area (Å²) in [6.45, 7) is 6.65. The van der Waals surface area contributed by atoms with Crippen molar-refractivity contribution in [2.24, 2.45) is 4.99 Å². The number of ether oxygens (including phenoxy) is 1. The number of anilines is 1. The Balaban J connectivity index is 1.66. The highest BCUT2D eigenvalue weighted by atomic mass is 16.5. The van der Waals surface area contributed by atoms with Gasteiger partial charge >= 0.3 is 0 Å². The molecule has 1 saturated heterocycles. The molecule has 0 unspecified atom stereocenters. The molecule has 0 spiro atoms. The molecule has 0 aromatic carbocycles. The van der Waals surface area contributed by atoms with E-state index in [0.717, 1.165) is 69.6 Å². The lowest BCUT2D eigenvalue weighted by molar-refractivity contribution is 0.180. The lowest BCUT2D eigenvalue weighted by Crippen LogP contribution is -2.40. The van der Waals surface area contributed by atoms with Crippen LogP contribution in [0.1, 0.15) is 24.8 Å². The molecule has 2 rings (SSSR count). The fraction of sp³-hybridized carbons (Fsp3) is 0.684. The number of guanidine groups is 1. The van der Waals surface area contributed by atoms with E-state index in [2.05, 4.69) is 49.6 Å². The summed E-state index contributed by atoms with van der Waals surface area (Å²) < 4.78 is 5.08. The summed E-state index contributed by atoms with van der Waals surface area (Å²) in [7, 11) is 5.67. The standard InChI is InChI=1S/C19H34N6O/c1-20-19(21-9-13-24(2)10-6-14-26-3)23-16-17-7-8-18(22-15-17)25-11-4-5-12-25/h7-8,15H,4-6,9-14,16H2,1-3H3,(H2,20,21,23). The van der Waals surface area contributed by atoms with E-state index in [1.54, 1.807) is 14.2 Å². The fourth-order valence-corrected chi connectivity index (χ4v) is 3.02. The van der Waals surface area contributed by atoms with Gasteiger partial charge in [-0.05, 0) is 37.9 Å². The summed E-state index contributed by atoms with van der Waals surface area (Å²) in [4.78, 5) is 13.5. The Morgan fingerprint density at radius 2 is 2.08 bits per heavy atom. The van der Waals surface area contributed by atoms with Gasteiger partial charge in [-0.3, -0.25) is 4.99 Å². The Kier molecular flexibility index (Phi) is 9.20. The first kappa shape index (κ1) is 20.5. The molecule has 1 aliphatic rings. The van der Waals surface area contributed by atoms with Crippen LogP contribution in [0, 0.1) is 0 Å². The Morgan fingerprint density at radius 3 is 2.73 bits per heavy atom. The predicted octanol–water partition coefficient (Wildman–Crippen LogP) is 1.32. The van der Waals surface area contributed by atoms with Crippen molar-refractivity contribution in [3.05, 3.63) is 23.9 Å². The van der Waals surface area contributed by atoms with E-state index in [-0.39, 0.29) is 0 Å². The van der Waals surface area contributed by atoms with Gasteiger partial charge in [0.15, 0.2) is 5.96 Å². The zero-order valence-corrected chi connectivity index (χ0v) is 16.5. The first-order chi connectivity index (χ1) is 12.7. The second-order valence-electron chi connectivity index (χ2n) is 6.72. The van der Waals surface area contributed by atoms with Crippen molar-refractivity contribution in [1.82, 2.24) is 20.5 Å². The van der Waals surface area contributed by atoms with Crippen LogP contribution in [0.3, 0.4) is 0 Å². The van der Waals surface area contributed by atoms with Crippen LogP contribution in [-0.2, 0) is 11.3 Å². The van der Waals surface area contributed by atoms with Crippen molar-refractivity contribution in [1.29, 1.82) is 0 Å². The van der Waals surface area contributed by atoms with Gasteiger partial charge in [0.05, 0.1) is 0 Å². The molecule has 0 aliphatic carbocycles. The maximum atomic E-state index is 5.08. The minimum absolute atomic E-state index is 0.719. The van der Waals surface area contributed by atoms with Gasteiger partial charge in [-0.1, -0.05) is 6.07 Å². The maximum Gasteiger partial charge on any atom is 0.191 e. The molecule has 1 aromatic rings. The van der Waals surface area contributed by atoms with Gasteiger partial charge in [-0.2, -0.15) is 0 Å². The number of hydrogen-bond acceptors (Lipinski definition) is 5. The van der Waals surface area contributed by atoms with Crippen LogP contribution in [0.15, 0.2) is 23.3 Å². The number of hydrogen-bond donors (Lipinski definition) is 2. The van der Waals surface area contributed by atoms with E-state index in [4.69, 9.17) is 4.74 Å². The van der Waals surface area contributed by atoms with Crippen LogP contribution < -0.4 is 15.5 Å². The van der Waals surface area contributed by atoms with Crippen LogP contribution in [0.25, 0.3) is 0 Å². The topological polar surface area (TPSA) is 65.0 Å². The first-order valence-electron chi connectivity index (χ1n) is 9.55. The highest BCUT2D eigenvalue weighted by molar-refractivity contribution is 5.79. The largest absolute Gasteiger partial charge is 0.385 e. The van der Waals surface area contributed by atoms with Crippen molar-refractivity contribution in [2.45, 2.75) is 25.8 Å². The first-order valence-corrected chi connectivity index (χ1v) is 9.55. The third-order valence-corrected chi connectivity index (χ3v) is 4.60. The number of aliphatic imine (C=N–C) groups is 1. The predicted molar refractivity (Wildman–Crippen MR) is 108 cm³/mol. The number of nitrogens with one attached hydrogen (secondary N) is 2. The van der Waals surface area contributed by atoms with Gasteiger partial charge < -0.3 is 25.2 Å². The van der Waals surface area contributed by atoms with E-state index < -0.39 is 0 Å². The molecule has 7 nitrogen and oxygen atoms in total. The zero-order chi connectivity index (χ0) is 18.6. The van der Waals surface area contributed by atoms with Crippen LogP contribution >= 0.6 is 0 Å². The van der Waals surface area contributed by atoms with Gasteiger partial charge in [0.1, 0.15) is 5.82 Å². The summed E-state index contributed by atoms with van der Waals surface area (Å²) in [5.74, 6) is 1.91. The maximum absolute atomic E-state index is 5.08. The summed E-state index contributed by atoms with van der Waals surface area (Å²) in [5, 5.41) is 6.70. The third-order valence-electron chi connectivity index (χ3n) is 4.60. The summed E-state index contributed by atoms with van der Waals surface area (Å²) >= 11 is 0. The molecule has 1 aromatic heterocycles. The van der Waals surface area contributed by atoms with Crippen molar-refractivity contribution in [3.63, 3.8) is 0 Å². The molecule has 0 bridgehead atoms. The summed E-state index contributed by atoms with van der Waals surface area (Å²) in [6.07, 6.45) is 5.56. The molecule has 7 heteroatoms. The van der Waals surface area contributed by atoms with Gasteiger partial charge in [-0.15, -0.1) is 0 Å². The highest BCUT2D eigenvalue weighted by Crippen LogP contribution is 2.17. The molecule has 0 saturated carbocycles. The van der Waals surface area contributed by atoms with Crippen LogP contribution in [0.4, 0.5) is 5.82 Å². The number of likely N-dealkylation sites (N-methyl/N-ethyl adjacent to an activating group) is 1. The normalized spacial score (nSPS) is 14.9. The zero-order valence-electron chi connectivity index (χ0n) is 16.5. The summed E-state index contributed by atoms with van der Waals surface area (Å²) in [5.41, 5.74) is 1.16. The van der Waals surface area contributed by atoms with Crippen molar-refractivity contribution < 1.29 is 4.74 Å². The second kappa shape index (κ2) is 11.7. The Hall–Kier alpha value is -1.86. The third kappa shape index (κ3) is 7.17. The molecule has 2 N–H and O–H groups in total. The minimum Gasteiger partial charge on any atom is -0.385 e. The molecule has 2 heterocycles. The molecule has 1 aliphatic heterocycles. The van der Waals surface area contributed by atoms with E-state index >= 15 is 0 Å². The number of rotatable bonds is 10. The molecule has 0 atom stereocenters. The number of nitrogens with zero attached hydrogens (tertiary/aromatic N) is 4. The van der Waals surface area contributed by atoms with E-state index in [0.29, 0.717) is 0 Å². The molecule has 26 heavy (non-hydrogen) atoms. The lowest BCUT2D eigenvalue weighted by atomic mass is 10.3. The number of pyridine rings is 1. The average molecular weight is 363 g/mol. The summed E-state index contributed by atoms with van der Waals surface area (Å²) in [6, 6.07) is 4.26. The van der Waals surface area contributed by atoms with Gasteiger partial charge in [-0.25, -0.2) is 4.98 Å². The quantitative estimate of drug-likeness (QED) is 0.372. The van der Waals surface area contributed by atoms with Gasteiger partial charge in [0, 0.05) is 66.2 Å². The smallest absolute Gasteiger partial charge is 0.191 e. The van der Waals surface area contributed by atoms with Crippen molar-refractivity contribution in [3.8, 4) is 0 Å². The average Bonchev–Trinajstić information content (AvgIpc) is 3.20. The second-order valence-corrected chi connectivity index (χ2v) is 6.72. The fourth-order valence-electron chi connectivity index (χ4n) is 3.02. The Labute approximate surface area is 157 Å². The minimum atomic E-state index is 0.719.